The molecule has 7 nitrogen and oxygen atoms in total. The van der Waals surface area contributed by atoms with Gasteiger partial charge in [-0.15, -0.1) is 0 Å². The van der Waals surface area contributed by atoms with Gasteiger partial charge in [0.15, 0.2) is 0 Å². The monoisotopic (exact) mass is 278 g/mol. The molecule has 0 aromatic rings. The van der Waals surface area contributed by atoms with Gasteiger partial charge in [0.1, 0.15) is 6.04 Å². The van der Waals surface area contributed by atoms with Gasteiger partial charge in [-0.3, -0.25) is 9.59 Å². The summed E-state index contributed by atoms with van der Waals surface area (Å²) in [5.41, 5.74) is 5.49. The SMILES string of the molecule is CCOC(=O)C(CS)NC(=O)C(N)CCC(=O)O. The van der Waals surface area contributed by atoms with E-state index in [9.17, 15) is 14.4 Å². The summed E-state index contributed by atoms with van der Waals surface area (Å²) in [4.78, 5) is 33.3. The van der Waals surface area contributed by atoms with Crippen LogP contribution in [0.4, 0.5) is 0 Å². The maximum Gasteiger partial charge on any atom is 0.329 e. The smallest absolute Gasteiger partial charge is 0.329 e. The van der Waals surface area contributed by atoms with Crippen LogP contribution < -0.4 is 11.1 Å². The summed E-state index contributed by atoms with van der Waals surface area (Å²) in [5, 5.41) is 10.8. The third-order valence-electron chi connectivity index (χ3n) is 2.08. The van der Waals surface area contributed by atoms with E-state index in [1.807, 2.05) is 0 Å². The molecule has 0 saturated heterocycles. The molecule has 0 fully saturated rings. The number of carboxylic acids is 1. The molecule has 0 aliphatic heterocycles. The third-order valence-corrected chi connectivity index (χ3v) is 2.44. The lowest BCUT2D eigenvalue weighted by Gasteiger charge is -2.17. The van der Waals surface area contributed by atoms with E-state index < -0.39 is 29.9 Å². The number of ether oxygens (including phenoxy) is 1. The van der Waals surface area contributed by atoms with Crippen LogP contribution in [0.2, 0.25) is 0 Å². The van der Waals surface area contributed by atoms with Gasteiger partial charge >= 0.3 is 11.9 Å². The van der Waals surface area contributed by atoms with Gasteiger partial charge in [-0.25, -0.2) is 4.79 Å². The highest BCUT2D eigenvalue weighted by Crippen LogP contribution is 1.98. The van der Waals surface area contributed by atoms with Crippen LogP contribution in [0.25, 0.3) is 0 Å². The number of amides is 1. The second kappa shape index (κ2) is 8.76. The van der Waals surface area contributed by atoms with E-state index in [1.165, 1.54) is 0 Å². The van der Waals surface area contributed by atoms with Gasteiger partial charge in [-0.05, 0) is 13.3 Å². The van der Waals surface area contributed by atoms with Crippen molar-refractivity contribution in [2.24, 2.45) is 5.73 Å². The standard InChI is InChI=1S/C10H18N2O5S/c1-2-17-10(16)7(5-18)12-9(15)6(11)3-4-8(13)14/h6-7,18H,2-5,11H2,1H3,(H,12,15)(H,13,14). The maximum absolute atomic E-state index is 11.6. The maximum atomic E-state index is 11.6. The van der Waals surface area contributed by atoms with Crippen LogP contribution in [0.5, 0.6) is 0 Å². The first kappa shape index (κ1) is 16.7. The first-order valence-electron chi connectivity index (χ1n) is 5.47. The summed E-state index contributed by atoms with van der Waals surface area (Å²) in [6.45, 7) is 1.85. The number of aliphatic carboxylic acids is 1. The van der Waals surface area contributed by atoms with Gasteiger partial charge in [0, 0.05) is 12.2 Å². The third kappa shape index (κ3) is 6.45. The van der Waals surface area contributed by atoms with Crippen molar-refractivity contribution < 1.29 is 24.2 Å². The van der Waals surface area contributed by atoms with Gasteiger partial charge in [0.2, 0.25) is 5.91 Å². The first-order valence-corrected chi connectivity index (χ1v) is 6.10. The average molecular weight is 278 g/mol. The molecule has 4 N–H and O–H groups in total. The molecule has 0 saturated carbocycles. The minimum Gasteiger partial charge on any atom is -0.481 e. The van der Waals surface area contributed by atoms with Crippen molar-refractivity contribution in [1.29, 1.82) is 0 Å². The molecule has 0 aliphatic carbocycles. The molecule has 0 spiro atoms. The van der Waals surface area contributed by atoms with Crippen LogP contribution in [-0.4, -0.2) is 47.4 Å². The molecule has 2 unspecified atom stereocenters. The zero-order valence-corrected chi connectivity index (χ0v) is 11.0. The van der Waals surface area contributed by atoms with E-state index in [1.54, 1.807) is 6.92 Å². The van der Waals surface area contributed by atoms with Crippen molar-refractivity contribution >= 4 is 30.5 Å². The van der Waals surface area contributed by atoms with Crippen molar-refractivity contribution in [2.75, 3.05) is 12.4 Å². The second-order valence-electron chi connectivity index (χ2n) is 3.53. The molecule has 0 radical (unpaired) electrons. The normalized spacial score (nSPS) is 13.5. The van der Waals surface area contributed by atoms with Gasteiger partial charge < -0.3 is 20.9 Å². The zero-order chi connectivity index (χ0) is 14.1. The summed E-state index contributed by atoms with van der Waals surface area (Å²) in [6, 6.07) is -1.85. The van der Waals surface area contributed by atoms with Crippen LogP contribution in [0.15, 0.2) is 0 Å². The molecule has 0 aliphatic rings. The van der Waals surface area contributed by atoms with Crippen LogP contribution in [0, 0.1) is 0 Å². The highest BCUT2D eigenvalue weighted by atomic mass is 32.1. The van der Waals surface area contributed by atoms with Gasteiger partial charge in [0.25, 0.3) is 0 Å². The Bertz CT molecular complexity index is 311. The molecule has 104 valence electrons. The zero-order valence-electron chi connectivity index (χ0n) is 10.1. The minimum absolute atomic E-state index is 0.00326. The predicted molar refractivity (Wildman–Crippen MR) is 67.3 cm³/mol. The number of nitrogens with one attached hydrogen (secondary N) is 1. The van der Waals surface area contributed by atoms with Crippen molar-refractivity contribution in [3.63, 3.8) is 0 Å². The summed E-state index contributed by atoms with van der Waals surface area (Å²) in [6.07, 6.45) is -0.206. The van der Waals surface area contributed by atoms with Gasteiger partial charge in [-0.2, -0.15) is 12.6 Å². The van der Waals surface area contributed by atoms with Gasteiger partial charge in [-0.1, -0.05) is 0 Å². The van der Waals surface area contributed by atoms with Crippen LogP contribution in [0.3, 0.4) is 0 Å². The van der Waals surface area contributed by atoms with E-state index in [-0.39, 0.29) is 25.2 Å². The Morgan fingerprint density at radius 2 is 2.06 bits per heavy atom. The van der Waals surface area contributed by atoms with Crippen molar-refractivity contribution in [2.45, 2.75) is 31.8 Å². The molecule has 0 rings (SSSR count). The van der Waals surface area contributed by atoms with E-state index in [4.69, 9.17) is 15.6 Å². The Balaban J connectivity index is 4.25. The number of carboxylic acid groups (broad SMARTS) is 1. The van der Waals surface area contributed by atoms with Crippen molar-refractivity contribution in [3.8, 4) is 0 Å². The van der Waals surface area contributed by atoms with Crippen molar-refractivity contribution in [3.05, 3.63) is 0 Å². The average Bonchev–Trinajstić information content (AvgIpc) is 2.32. The van der Waals surface area contributed by atoms with Gasteiger partial charge in [0.05, 0.1) is 12.6 Å². The lowest BCUT2D eigenvalue weighted by molar-refractivity contribution is -0.147. The fourth-order valence-corrected chi connectivity index (χ4v) is 1.35. The number of carbonyl (C=O) groups excluding carboxylic acids is 2. The summed E-state index contributed by atoms with van der Waals surface area (Å²) in [5.74, 6) is -2.14. The quantitative estimate of drug-likeness (QED) is 0.339. The number of hydrogen-bond donors (Lipinski definition) is 4. The number of hydrogen-bond acceptors (Lipinski definition) is 6. The van der Waals surface area contributed by atoms with E-state index in [0.717, 1.165) is 0 Å². The Hall–Kier alpha value is -1.28. The molecule has 0 aromatic heterocycles. The fraction of sp³-hybridized carbons (Fsp3) is 0.700. The lowest BCUT2D eigenvalue weighted by atomic mass is 10.1. The summed E-state index contributed by atoms with van der Waals surface area (Å²) < 4.78 is 4.74. The summed E-state index contributed by atoms with van der Waals surface area (Å²) in [7, 11) is 0. The van der Waals surface area contributed by atoms with Crippen molar-refractivity contribution in [1.82, 2.24) is 5.32 Å². The molecular weight excluding hydrogens is 260 g/mol. The van der Waals surface area contributed by atoms with E-state index in [0.29, 0.717) is 0 Å². The highest BCUT2D eigenvalue weighted by Gasteiger charge is 2.23. The Morgan fingerprint density at radius 3 is 2.50 bits per heavy atom. The van der Waals surface area contributed by atoms with Crippen LogP contribution >= 0.6 is 12.6 Å². The molecular formula is C10H18N2O5S. The van der Waals surface area contributed by atoms with Crippen LogP contribution in [-0.2, 0) is 19.1 Å². The Kier molecular flexibility index (Phi) is 8.14. The topological polar surface area (TPSA) is 119 Å². The molecule has 0 heterocycles. The molecule has 2 atom stereocenters. The lowest BCUT2D eigenvalue weighted by Crippen LogP contribution is -2.49. The number of esters is 1. The predicted octanol–water partition coefficient (Wildman–Crippen LogP) is -0.844. The first-order chi connectivity index (χ1) is 8.42. The number of rotatable bonds is 8. The van der Waals surface area contributed by atoms with E-state index in [2.05, 4.69) is 17.9 Å². The number of carbonyl (C=O) groups is 3. The van der Waals surface area contributed by atoms with E-state index >= 15 is 0 Å². The Labute approximate surface area is 110 Å². The number of nitrogens with two attached hydrogens (primary N) is 1. The molecule has 18 heavy (non-hydrogen) atoms. The van der Waals surface area contributed by atoms with Crippen LogP contribution in [0.1, 0.15) is 19.8 Å². The molecule has 1 amide bonds. The largest absolute Gasteiger partial charge is 0.481 e. The molecule has 8 heteroatoms. The fourth-order valence-electron chi connectivity index (χ4n) is 1.11. The number of thiol groups is 1. The Morgan fingerprint density at radius 1 is 1.44 bits per heavy atom. The summed E-state index contributed by atoms with van der Waals surface area (Å²) >= 11 is 3.93. The molecule has 0 bridgehead atoms. The minimum atomic E-state index is -1.03. The second-order valence-corrected chi connectivity index (χ2v) is 3.90. The highest BCUT2D eigenvalue weighted by molar-refractivity contribution is 7.80. The molecule has 0 aromatic carbocycles.